The maximum Gasteiger partial charge on any atom is 0.231 e. The first-order valence-electron chi connectivity index (χ1n) is 7.14. The molecule has 0 fully saturated rings. The molecule has 0 bridgehead atoms. The SMILES string of the molecule is COc1cc(C2CN=C(N)N2CC(C)C)cc2c1OCO2. The molecule has 2 N–H and O–H groups in total. The van der Waals surface area contributed by atoms with Crippen LogP contribution in [0.4, 0.5) is 0 Å². The van der Waals surface area contributed by atoms with Gasteiger partial charge >= 0.3 is 0 Å². The molecule has 1 unspecified atom stereocenters. The second kappa shape index (κ2) is 5.35. The van der Waals surface area contributed by atoms with Crippen molar-refractivity contribution in [2.45, 2.75) is 19.9 Å². The Kier molecular flexibility index (Phi) is 3.53. The van der Waals surface area contributed by atoms with Crippen molar-refractivity contribution in [2.75, 3.05) is 27.0 Å². The monoisotopic (exact) mass is 291 g/mol. The average molecular weight is 291 g/mol. The van der Waals surface area contributed by atoms with E-state index >= 15 is 0 Å². The highest BCUT2D eigenvalue weighted by molar-refractivity contribution is 5.80. The molecule has 2 aliphatic rings. The summed E-state index contributed by atoms with van der Waals surface area (Å²) in [7, 11) is 1.63. The predicted molar refractivity (Wildman–Crippen MR) is 79.9 cm³/mol. The Morgan fingerprint density at radius 1 is 1.43 bits per heavy atom. The van der Waals surface area contributed by atoms with Gasteiger partial charge in [-0.25, -0.2) is 0 Å². The van der Waals surface area contributed by atoms with Crippen LogP contribution < -0.4 is 19.9 Å². The fourth-order valence-corrected chi connectivity index (χ4v) is 2.77. The van der Waals surface area contributed by atoms with Gasteiger partial charge in [0.05, 0.1) is 19.7 Å². The summed E-state index contributed by atoms with van der Waals surface area (Å²) in [5.41, 5.74) is 7.11. The molecule has 0 amide bonds. The molecule has 0 saturated carbocycles. The van der Waals surface area contributed by atoms with Crippen LogP contribution in [0.15, 0.2) is 17.1 Å². The molecule has 0 aromatic heterocycles. The van der Waals surface area contributed by atoms with Gasteiger partial charge in [0.2, 0.25) is 12.5 Å². The molecule has 6 nitrogen and oxygen atoms in total. The van der Waals surface area contributed by atoms with Gasteiger partial charge < -0.3 is 24.8 Å². The van der Waals surface area contributed by atoms with Crippen LogP contribution in [0.25, 0.3) is 0 Å². The van der Waals surface area contributed by atoms with E-state index in [9.17, 15) is 0 Å². The zero-order chi connectivity index (χ0) is 15.0. The van der Waals surface area contributed by atoms with Crippen molar-refractivity contribution in [3.8, 4) is 17.2 Å². The van der Waals surface area contributed by atoms with Crippen molar-refractivity contribution >= 4 is 5.96 Å². The van der Waals surface area contributed by atoms with Gasteiger partial charge in [-0.2, -0.15) is 0 Å². The van der Waals surface area contributed by atoms with Gasteiger partial charge in [0.1, 0.15) is 0 Å². The molecule has 114 valence electrons. The molecule has 1 atom stereocenters. The summed E-state index contributed by atoms with van der Waals surface area (Å²) in [6.07, 6.45) is 0. The molecule has 1 aromatic rings. The fraction of sp³-hybridized carbons (Fsp3) is 0.533. The predicted octanol–water partition coefficient (Wildman–Crippen LogP) is 1.75. The Morgan fingerprint density at radius 2 is 2.24 bits per heavy atom. The van der Waals surface area contributed by atoms with E-state index in [0.717, 1.165) is 17.9 Å². The summed E-state index contributed by atoms with van der Waals surface area (Å²) in [5.74, 6) is 3.19. The van der Waals surface area contributed by atoms with E-state index in [0.29, 0.717) is 29.9 Å². The summed E-state index contributed by atoms with van der Waals surface area (Å²) >= 11 is 0. The van der Waals surface area contributed by atoms with E-state index in [1.165, 1.54) is 0 Å². The van der Waals surface area contributed by atoms with Crippen LogP contribution in [0.5, 0.6) is 17.2 Å². The number of aliphatic imine (C=N–C) groups is 1. The lowest BCUT2D eigenvalue weighted by Crippen LogP contribution is -2.38. The Labute approximate surface area is 124 Å². The van der Waals surface area contributed by atoms with Gasteiger partial charge in [-0.1, -0.05) is 13.8 Å². The molecule has 1 aromatic carbocycles. The number of nitrogens with two attached hydrogens (primary N) is 1. The lowest BCUT2D eigenvalue weighted by molar-refractivity contribution is 0.171. The van der Waals surface area contributed by atoms with Crippen molar-refractivity contribution < 1.29 is 14.2 Å². The summed E-state index contributed by atoms with van der Waals surface area (Å²) in [6, 6.07) is 4.10. The van der Waals surface area contributed by atoms with Crippen LogP contribution in [-0.2, 0) is 0 Å². The Hall–Kier alpha value is -2.11. The number of nitrogens with zero attached hydrogens (tertiary/aromatic N) is 2. The zero-order valence-electron chi connectivity index (χ0n) is 12.6. The number of guanidine groups is 1. The second-order valence-corrected chi connectivity index (χ2v) is 5.72. The molecule has 6 heteroatoms. The number of rotatable bonds is 4. The first kappa shape index (κ1) is 13.9. The van der Waals surface area contributed by atoms with Crippen molar-refractivity contribution in [3.05, 3.63) is 17.7 Å². The molecule has 0 spiro atoms. The molecule has 3 rings (SSSR count). The normalized spacial score (nSPS) is 20.1. The van der Waals surface area contributed by atoms with Gasteiger partial charge in [0, 0.05) is 6.54 Å². The van der Waals surface area contributed by atoms with E-state index in [1.807, 2.05) is 12.1 Å². The molecule has 2 heterocycles. The average Bonchev–Trinajstić information content (AvgIpc) is 3.05. The number of methoxy groups -OCH3 is 1. The number of hydrogen-bond acceptors (Lipinski definition) is 6. The highest BCUT2D eigenvalue weighted by atomic mass is 16.7. The molecular weight excluding hydrogens is 270 g/mol. The Morgan fingerprint density at radius 3 is 2.95 bits per heavy atom. The van der Waals surface area contributed by atoms with Gasteiger partial charge in [-0.3, -0.25) is 4.99 Å². The minimum absolute atomic E-state index is 0.121. The number of benzene rings is 1. The minimum Gasteiger partial charge on any atom is -0.493 e. The lowest BCUT2D eigenvalue weighted by atomic mass is 10.0. The van der Waals surface area contributed by atoms with Crippen LogP contribution in [0.3, 0.4) is 0 Å². The summed E-state index contributed by atoms with van der Waals surface area (Å²) in [6.45, 7) is 6.10. The number of hydrogen-bond donors (Lipinski definition) is 1. The zero-order valence-corrected chi connectivity index (χ0v) is 12.6. The quantitative estimate of drug-likeness (QED) is 0.915. The maximum atomic E-state index is 6.03. The van der Waals surface area contributed by atoms with E-state index in [1.54, 1.807) is 7.11 Å². The Bertz CT molecular complexity index is 572. The highest BCUT2D eigenvalue weighted by Crippen LogP contribution is 2.44. The minimum atomic E-state index is 0.121. The highest BCUT2D eigenvalue weighted by Gasteiger charge is 2.30. The third kappa shape index (κ3) is 2.46. The van der Waals surface area contributed by atoms with Gasteiger partial charge in [0.15, 0.2) is 17.5 Å². The molecule has 0 saturated heterocycles. The molecular formula is C15H21N3O3. The largest absolute Gasteiger partial charge is 0.493 e. The topological polar surface area (TPSA) is 69.3 Å². The second-order valence-electron chi connectivity index (χ2n) is 5.72. The van der Waals surface area contributed by atoms with Gasteiger partial charge in [0.25, 0.3) is 0 Å². The molecule has 2 aliphatic heterocycles. The molecule has 0 aliphatic carbocycles. The Balaban J connectivity index is 1.93. The van der Waals surface area contributed by atoms with Crippen molar-refractivity contribution in [3.63, 3.8) is 0 Å². The summed E-state index contributed by atoms with van der Waals surface area (Å²) in [5, 5.41) is 0. The maximum absolute atomic E-state index is 6.03. The van der Waals surface area contributed by atoms with Gasteiger partial charge in [-0.15, -0.1) is 0 Å². The smallest absolute Gasteiger partial charge is 0.231 e. The molecule has 0 radical (unpaired) electrons. The van der Waals surface area contributed by atoms with Crippen molar-refractivity contribution in [1.29, 1.82) is 0 Å². The third-order valence-corrected chi connectivity index (χ3v) is 3.72. The van der Waals surface area contributed by atoms with E-state index < -0.39 is 0 Å². The van der Waals surface area contributed by atoms with Crippen LogP contribution in [0.2, 0.25) is 0 Å². The first-order valence-corrected chi connectivity index (χ1v) is 7.14. The standard InChI is InChI=1S/C15H21N3O3/c1-9(2)7-18-11(6-17-15(18)16)10-4-12(19-3)14-13(5-10)20-8-21-14/h4-5,9,11H,6-8H2,1-3H3,(H2,16,17). The van der Waals surface area contributed by atoms with Gasteiger partial charge in [-0.05, 0) is 23.6 Å². The number of fused-ring (bicyclic) bond motifs is 1. The van der Waals surface area contributed by atoms with Crippen molar-refractivity contribution in [1.82, 2.24) is 4.90 Å². The fourth-order valence-electron chi connectivity index (χ4n) is 2.77. The lowest BCUT2D eigenvalue weighted by Gasteiger charge is -2.28. The van der Waals surface area contributed by atoms with E-state index in [-0.39, 0.29) is 12.8 Å². The number of ether oxygens (including phenoxy) is 3. The third-order valence-electron chi connectivity index (χ3n) is 3.72. The summed E-state index contributed by atoms with van der Waals surface area (Å²) < 4.78 is 16.3. The van der Waals surface area contributed by atoms with Crippen LogP contribution in [-0.4, -0.2) is 37.9 Å². The van der Waals surface area contributed by atoms with Crippen LogP contribution in [0.1, 0.15) is 25.5 Å². The summed E-state index contributed by atoms with van der Waals surface area (Å²) in [4.78, 5) is 6.53. The van der Waals surface area contributed by atoms with Crippen LogP contribution in [0, 0.1) is 5.92 Å². The molecule has 21 heavy (non-hydrogen) atoms. The van der Waals surface area contributed by atoms with Crippen LogP contribution >= 0.6 is 0 Å². The van der Waals surface area contributed by atoms with E-state index in [2.05, 4.69) is 23.7 Å². The van der Waals surface area contributed by atoms with E-state index in [4.69, 9.17) is 19.9 Å². The first-order chi connectivity index (χ1) is 10.1. The van der Waals surface area contributed by atoms with Crippen molar-refractivity contribution in [2.24, 2.45) is 16.6 Å².